The average molecular weight is 153 g/mol. The van der Waals surface area contributed by atoms with E-state index in [1.54, 1.807) is 12.3 Å². The monoisotopic (exact) mass is 153 g/mol. The molecular weight excluding hydrogens is 142 g/mol. The molecule has 0 aromatic carbocycles. The second kappa shape index (κ2) is 3.34. The maximum absolute atomic E-state index is 10.8. The number of rotatable bonds is 2. The van der Waals surface area contributed by atoms with Crippen LogP contribution in [0, 0.1) is 6.92 Å². The largest absolute Gasteiger partial charge is 0.395 e. The van der Waals surface area contributed by atoms with Crippen LogP contribution in [0.25, 0.3) is 0 Å². The molecule has 11 heavy (non-hydrogen) atoms. The summed E-state index contributed by atoms with van der Waals surface area (Å²) in [6.45, 7) is 2.49. The molecule has 3 heteroatoms. The van der Waals surface area contributed by atoms with Crippen LogP contribution >= 0.6 is 0 Å². The fourth-order valence-corrected chi connectivity index (χ4v) is 0.977. The van der Waals surface area contributed by atoms with Gasteiger partial charge in [-0.3, -0.25) is 4.79 Å². The van der Waals surface area contributed by atoms with Crippen LogP contribution in [0.3, 0.4) is 0 Å². The van der Waals surface area contributed by atoms with Crippen molar-refractivity contribution >= 4 is 0 Å². The number of hydrogen-bond acceptors (Lipinski definition) is 2. The summed E-state index contributed by atoms with van der Waals surface area (Å²) >= 11 is 0. The molecule has 1 N–H and O–H groups in total. The Morgan fingerprint density at radius 3 is 2.91 bits per heavy atom. The van der Waals surface area contributed by atoms with Crippen LogP contribution in [0.4, 0.5) is 0 Å². The van der Waals surface area contributed by atoms with Gasteiger partial charge in [0, 0.05) is 30.6 Å². The van der Waals surface area contributed by atoms with Gasteiger partial charge in [-0.05, 0) is 6.92 Å². The second-order valence-corrected chi connectivity index (χ2v) is 2.42. The summed E-state index contributed by atoms with van der Waals surface area (Å²) in [6.07, 6.45) is 1.69. The van der Waals surface area contributed by atoms with Crippen LogP contribution in [0.15, 0.2) is 23.1 Å². The summed E-state index contributed by atoms with van der Waals surface area (Å²) in [5.41, 5.74) is 0.892. The number of aliphatic hydroxyl groups is 1. The minimum Gasteiger partial charge on any atom is -0.395 e. The molecule has 0 bridgehead atoms. The first-order valence-electron chi connectivity index (χ1n) is 3.52. The van der Waals surface area contributed by atoms with E-state index in [4.69, 9.17) is 5.11 Å². The van der Waals surface area contributed by atoms with E-state index in [9.17, 15) is 4.79 Å². The zero-order valence-electron chi connectivity index (χ0n) is 6.45. The lowest BCUT2D eigenvalue weighted by Crippen LogP contribution is -2.10. The number of hydrogen-bond donors (Lipinski definition) is 1. The molecule has 0 amide bonds. The Labute approximate surface area is 64.9 Å². The van der Waals surface area contributed by atoms with E-state index in [2.05, 4.69) is 0 Å². The lowest BCUT2D eigenvalue weighted by Gasteiger charge is -2.06. The maximum atomic E-state index is 10.8. The first-order valence-corrected chi connectivity index (χ1v) is 3.52. The first kappa shape index (κ1) is 8.01. The van der Waals surface area contributed by atoms with E-state index in [0.29, 0.717) is 6.54 Å². The van der Waals surface area contributed by atoms with Gasteiger partial charge in [0.1, 0.15) is 0 Å². The van der Waals surface area contributed by atoms with E-state index in [1.807, 2.05) is 11.5 Å². The smallest absolute Gasteiger partial charge is 0.181 e. The van der Waals surface area contributed by atoms with Gasteiger partial charge in [-0.2, -0.15) is 0 Å². The molecule has 1 aromatic heterocycles. The highest BCUT2D eigenvalue weighted by Crippen LogP contribution is 1.92. The maximum Gasteiger partial charge on any atom is 0.181 e. The number of aryl methyl sites for hydroxylation is 1. The third-order valence-corrected chi connectivity index (χ3v) is 1.56. The lowest BCUT2D eigenvalue weighted by atomic mass is 10.3. The van der Waals surface area contributed by atoms with Crippen molar-refractivity contribution in [2.24, 2.45) is 0 Å². The molecule has 0 aliphatic carbocycles. The highest BCUT2D eigenvalue weighted by atomic mass is 16.3. The van der Waals surface area contributed by atoms with Crippen molar-refractivity contribution in [1.82, 2.24) is 4.57 Å². The zero-order chi connectivity index (χ0) is 8.27. The van der Waals surface area contributed by atoms with Crippen molar-refractivity contribution in [2.75, 3.05) is 6.61 Å². The van der Waals surface area contributed by atoms with Gasteiger partial charge >= 0.3 is 0 Å². The Morgan fingerprint density at radius 1 is 1.64 bits per heavy atom. The molecular formula is C8H11NO2. The fraction of sp³-hybridized carbons (Fsp3) is 0.375. The predicted octanol–water partition coefficient (Wildman–Crippen LogP) is 0.149. The zero-order valence-corrected chi connectivity index (χ0v) is 6.45. The van der Waals surface area contributed by atoms with Crippen molar-refractivity contribution in [2.45, 2.75) is 13.5 Å². The third-order valence-electron chi connectivity index (χ3n) is 1.56. The summed E-state index contributed by atoms with van der Waals surface area (Å²) in [6, 6.07) is 3.04. The summed E-state index contributed by atoms with van der Waals surface area (Å²) in [7, 11) is 0. The number of nitrogens with zero attached hydrogens (tertiary/aromatic N) is 1. The van der Waals surface area contributed by atoms with Crippen LogP contribution in [0.2, 0.25) is 0 Å². The molecule has 0 atom stereocenters. The van der Waals surface area contributed by atoms with Gasteiger partial charge in [0.2, 0.25) is 0 Å². The van der Waals surface area contributed by atoms with Crippen LogP contribution < -0.4 is 5.43 Å². The molecule has 0 radical (unpaired) electrons. The van der Waals surface area contributed by atoms with Crippen molar-refractivity contribution in [3.05, 3.63) is 34.2 Å². The Hall–Kier alpha value is -1.09. The summed E-state index contributed by atoms with van der Waals surface area (Å²) in [5, 5.41) is 8.61. The molecule has 0 aliphatic heterocycles. The van der Waals surface area contributed by atoms with E-state index in [-0.39, 0.29) is 12.0 Å². The molecule has 0 saturated heterocycles. The average Bonchev–Trinajstić information content (AvgIpc) is 1.95. The Balaban J connectivity index is 2.99. The molecule has 60 valence electrons. The minimum atomic E-state index is 0.0108. The van der Waals surface area contributed by atoms with Crippen LogP contribution in [-0.4, -0.2) is 16.3 Å². The normalized spacial score (nSPS) is 10.0. The van der Waals surface area contributed by atoms with Gasteiger partial charge in [-0.1, -0.05) is 0 Å². The van der Waals surface area contributed by atoms with Gasteiger partial charge in [0.15, 0.2) is 5.43 Å². The van der Waals surface area contributed by atoms with E-state index in [0.717, 1.165) is 5.69 Å². The Morgan fingerprint density at radius 2 is 2.36 bits per heavy atom. The third kappa shape index (κ3) is 1.91. The number of aliphatic hydroxyl groups excluding tert-OH is 1. The van der Waals surface area contributed by atoms with Gasteiger partial charge in [0.05, 0.1) is 6.61 Å². The lowest BCUT2D eigenvalue weighted by molar-refractivity contribution is 0.274. The van der Waals surface area contributed by atoms with E-state index < -0.39 is 0 Å². The van der Waals surface area contributed by atoms with Gasteiger partial charge < -0.3 is 9.67 Å². The standard InChI is InChI=1S/C8H11NO2/c1-7-6-8(11)2-3-9(7)4-5-10/h2-3,6,10H,4-5H2,1H3. The Bertz CT molecular complexity index is 290. The van der Waals surface area contributed by atoms with Crippen LogP contribution in [0.5, 0.6) is 0 Å². The molecule has 0 aliphatic rings. The van der Waals surface area contributed by atoms with Crippen molar-refractivity contribution in [1.29, 1.82) is 0 Å². The number of pyridine rings is 1. The van der Waals surface area contributed by atoms with Crippen molar-refractivity contribution in [3.8, 4) is 0 Å². The molecule has 0 spiro atoms. The molecule has 3 nitrogen and oxygen atoms in total. The van der Waals surface area contributed by atoms with Gasteiger partial charge in [-0.25, -0.2) is 0 Å². The summed E-state index contributed by atoms with van der Waals surface area (Å²) in [5.74, 6) is 0. The van der Waals surface area contributed by atoms with Crippen LogP contribution in [0.1, 0.15) is 5.69 Å². The van der Waals surface area contributed by atoms with E-state index >= 15 is 0 Å². The quantitative estimate of drug-likeness (QED) is 0.657. The molecule has 1 aromatic rings. The highest BCUT2D eigenvalue weighted by Gasteiger charge is 1.92. The van der Waals surface area contributed by atoms with Crippen LogP contribution in [-0.2, 0) is 6.54 Å². The summed E-state index contributed by atoms with van der Waals surface area (Å²) in [4.78, 5) is 10.8. The van der Waals surface area contributed by atoms with Gasteiger partial charge in [-0.15, -0.1) is 0 Å². The Kier molecular flexibility index (Phi) is 2.44. The molecule has 0 unspecified atom stereocenters. The van der Waals surface area contributed by atoms with E-state index in [1.165, 1.54) is 6.07 Å². The number of aromatic nitrogens is 1. The highest BCUT2D eigenvalue weighted by molar-refractivity contribution is 5.04. The SMILES string of the molecule is Cc1cc(=O)ccn1CCO. The van der Waals surface area contributed by atoms with Gasteiger partial charge in [0.25, 0.3) is 0 Å². The second-order valence-electron chi connectivity index (χ2n) is 2.42. The molecule has 0 fully saturated rings. The minimum absolute atomic E-state index is 0.0108. The predicted molar refractivity (Wildman–Crippen MR) is 42.5 cm³/mol. The summed E-state index contributed by atoms with van der Waals surface area (Å²) < 4.78 is 1.83. The van der Waals surface area contributed by atoms with Crippen molar-refractivity contribution < 1.29 is 5.11 Å². The topological polar surface area (TPSA) is 42.2 Å². The molecule has 1 heterocycles. The first-order chi connectivity index (χ1) is 5.24. The molecule has 0 saturated carbocycles. The fourth-order valence-electron chi connectivity index (χ4n) is 0.977. The molecule has 1 rings (SSSR count). The van der Waals surface area contributed by atoms with Crippen molar-refractivity contribution in [3.63, 3.8) is 0 Å².